The molecular formula is C24H19N3O4S. The Morgan fingerprint density at radius 1 is 1.19 bits per heavy atom. The molecule has 4 heterocycles. The average molecular weight is 446 g/mol. The van der Waals surface area contributed by atoms with Crippen LogP contribution in [-0.4, -0.2) is 34.2 Å². The Morgan fingerprint density at radius 3 is 2.84 bits per heavy atom. The van der Waals surface area contributed by atoms with Crippen LogP contribution >= 0.6 is 11.3 Å². The summed E-state index contributed by atoms with van der Waals surface area (Å²) in [6.07, 6.45) is 2.10. The van der Waals surface area contributed by atoms with Gasteiger partial charge in [0.15, 0.2) is 6.61 Å². The Morgan fingerprint density at radius 2 is 2.06 bits per heavy atom. The molecule has 1 atom stereocenters. The molecule has 0 saturated carbocycles. The van der Waals surface area contributed by atoms with Crippen molar-refractivity contribution in [2.45, 2.75) is 19.4 Å². The number of aryl methyl sites for hydroxylation is 1. The maximum atomic E-state index is 13.0. The van der Waals surface area contributed by atoms with E-state index in [9.17, 15) is 9.59 Å². The number of carbonyl (C=O) groups is 2. The number of aromatic nitrogens is 1. The van der Waals surface area contributed by atoms with Gasteiger partial charge in [-0.25, -0.2) is 9.80 Å². The number of ether oxygens (including phenoxy) is 1. The summed E-state index contributed by atoms with van der Waals surface area (Å²) in [5.41, 5.74) is 2.59. The molecule has 32 heavy (non-hydrogen) atoms. The standard InChI is InChI=1S/C24H19N3O4S/c1-15-12-17(16-6-2-3-7-18(16)25-15)24(29)31-14-23(28)27-20(21-8-4-10-30-21)13-19(26-27)22-9-5-11-32-22/h2-12,20H,13-14H2,1H3. The highest BCUT2D eigenvalue weighted by atomic mass is 32.1. The van der Waals surface area contributed by atoms with Gasteiger partial charge in [0.05, 0.1) is 27.9 Å². The molecule has 160 valence electrons. The van der Waals surface area contributed by atoms with Crippen molar-refractivity contribution in [3.8, 4) is 0 Å². The number of nitrogens with zero attached hydrogens (tertiary/aromatic N) is 3. The van der Waals surface area contributed by atoms with Gasteiger partial charge in [-0.2, -0.15) is 5.10 Å². The summed E-state index contributed by atoms with van der Waals surface area (Å²) < 4.78 is 10.9. The lowest BCUT2D eigenvalue weighted by atomic mass is 10.1. The van der Waals surface area contributed by atoms with Crippen LogP contribution in [0.25, 0.3) is 10.9 Å². The highest BCUT2D eigenvalue weighted by molar-refractivity contribution is 7.12. The first-order valence-electron chi connectivity index (χ1n) is 10.1. The molecule has 1 unspecified atom stereocenters. The Hall–Kier alpha value is -3.78. The Balaban J connectivity index is 1.36. The summed E-state index contributed by atoms with van der Waals surface area (Å²) in [6, 6.07) is 16.1. The Kier molecular flexibility index (Phi) is 5.28. The number of esters is 1. The molecule has 4 aromatic rings. The zero-order valence-corrected chi connectivity index (χ0v) is 18.0. The lowest BCUT2D eigenvalue weighted by Gasteiger charge is -2.19. The highest BCUT2D eigenvalue weighted by Gasteiger charge is 2.35. The molecule has 7 nitrogen and oxygen atoms in total. The summed E-state index contributed by atoms with van der Waals surface area (Å²) >= 11 is 1.56. The van der Waals surface area contributed by atoms with Gasteiger partial charge in [-0.3, -0.25) is 9.78 Å². The third-order valence-electron chi connectivity index (χ3n) is 5.23. The molecular weight excluding hydrogens is 426 g/mol. The molecule has 1 aliphatic rings. The lowest BCUT2D eigenvalue weighted by Crippen LogP contribution is -2.31. The minimum Gasteiger partial charge on any atom is -0.467 e. The van der Waals surface area contributed by atoms with Crippen molar-refractivity contribution in [2.75, 3.05) is 6.61 Å². The van der Waals surface area contributed by atoms with Crippen molar-refractivity contribution < 1.29 is 18.7 Å². The Bertz CT molecular complexity index is 1310. The number of pyridine rings is 1. The van der Waals surface area contributed by atoms with Gasteiger partial charge in [-0.15, -0.1) is 11.3 Å². The second-order valence-corrected chi connectivity index (χ2v) is 8.35. The molecule has 8 heteroatoms. The maximum Gasteiger partial charge on any atom is 0.339 e. The molecule has 3 aromatic heterocycles. The fourth-order valence-electron chi connectivity index (χ4n) is 3.78. The highest BCUT2D eigenvalue weighted by Crippen LogP contribution is 2.34. The molecule has 0 N–H and O–H groups in total. The van der Waals surface area contributed by atoms with Gasteiger partial charge in [-0.1, -0.05) is 24.3 Å². The maximum absolute atomic E-state index is 13.0. The predicted octanol–water partition coefficient (Wildman–Crippen LogP) is 4.73. The van der Waals surface area contributed by atoms with Crippen LogP contribution in [0.5, 0.6) is 0 Å². The number of rotatable bonds is 5. The minimum atomic E-state index is -0.573. The number of carbonyl (C=O) groups excluding carboxylic acids is 2. The third kappa shape index (κ3) is 3.80. The quantitative estimate of drug-likeness (QED) is 0.415. The first-order valence-corrected chi connectivity index (χ1v) is 11.0. The molecule has 5 rings (SSSR count). The Labute approximate surface area is 187 Å². The summed E-state index contributed by atoms with van der Waals surface area (Å²) in [7, 11) is 0. The number of para-hydroxylation sites is 1. The van der Waals surface area contributed by atoms with Crippen LogP contribution in [0.3, 0.4) is 0 Å². The number of hydrazone groups is 1. The zero-order chi connectivity index (χ0) is 22.1. The fourth-order valence-corrected chi connectivity index (χ4v) is 4.50. The number of fused-ring (bicyclic) bond motifs is 1. The van der Waals surface area contributed by atoms with Crippen molar-refractivity contribution >= 4 is 39.8 Å². The summed E-state index contributed by atoms with van der Waals surface area (Å²) in [4.78, 5) is 31.3. The van der Waals surface area contributed by atoms with Crippen LogP contribution in [0.4, 0.5) is 0 Å². The number of hydrogen-bond acceptors (Lipinski definition) is 7. The topological polar surface area (TPSA) is 85.0 Å². The average Bonchev–Trinajstić information content (AvgIpc) is 3.57. The number of furan rings is 1. The summed E-state index contributed by atoms with van der Waals surface area (Å²) in [5, 5.41) is 8.54. The van der Waals surface area contributed by atoms with Gasteiger partial charge in [0, 0.05) is 17.5 Å². The van der Waals surface area contributed by atoms with Gasteiger partial charge in [0.2, 0.25) is 0 Å². The number of thiophene rings is 1. The molecule has 1 aromatic carbocycles. The van der Waals surface area contributed by atoms with Gasteiger partial charge in [0.25, 0.3) is 5.91 Å². The van der Waals surface area contributed by atoms with Crippen molar-refractivity contribution in [3.63, 3.8) is 0 Å². The number of amides is 1. The van der Waals surface area contributed by atoms with Gasteiger partial charge >= 0.3 is 5.97 Å². The van der Waals surface area contributed by atoms with E-state index in [-0.39, 0.29) is 6.04 Å². The number of hydrogen-bond donors (Lipinski definition) is 0. The zero-order valence-electron chi connectivity index (χ0n) is 17.2. The molecule has 1 amide bonds. The molecule has 0 aliphatic carbocycles. The first kappa shape index (κ1) is 20.1. The van der Waals surface area contributed by atoms with E-state index < -0.39 is 18.5 Å². The van der Waals surface area contributed by atoms with E-state index in [1.54, 1.807) is 29.7 Å². The van der Waals surface area contributed by atoms with Crippen LogP contribution in [0.2, 0.25) is 0 Å². The van der Waals surface area contributed by atoms with Crippen molar-refractivity contribution in [2.24, 2.45) is 5.10 Å². The van der Waals surface area contributed by atoms with Crippen molar-refractivity contribution in [3.05, 3.63) is 88.1 Å². The second-order valence-electron chi connectivity index (χ2n) is 7.40. The molecule has 0 fully saturated rings. The summed E-state index contributed by atoms with van der Waals surface area (Å²) in [5.74, 6) is -0.353. The van der Waals surface area contributed by atoms with Crippen LogP contribution in [0.1, 0.15) is 39.2 Å². The van der Waals surface area contributed by atoms with Crippen LogP contribution in [0.15, 0.2) is 75.8 Å². The second kappa shape index (κ2) is 8.39. The van der Waals surface area contributed by atoms with E-state index in [1.165, 1.54) is 5.01 Å². The van der Waals surface area contributed by atoms with E-state index in [1.807, 2.05) is 54.8 Å². The smallest absolute Gasteiger partial charge is 0.339 e. The lowest BCUT2D eigenvalue weighted by molar-refractivity contribution is -0.136. The molecule has 0 spiro atoms. The van der Waals surface area contributed by atoms with E-state index in [0.29, 0.717) is 34.3 Å². The normalized spacial score (nSPS) is 15.7. The SMILES string of the molecule is Cc1cc(C(=O)OCC(=O)N2N=C(c3cccs3)CC2c2ccco2)c2ccccc2n1. The molecule has 0 bridgehead atoms. The molecule has 1 aliphatic heterocycles. The van der Waals surface area contributed by atoms with Crippen LogP contribution in [-0.2, 0) is 9.53 Å². The van der Waals surface area contributed by atoms with Crippen LogP contribution in [0, 0.1) is 6.92 Å². The third-order valence-corrected chi connectivity index (χ3v) is 6.15. The van der Waals surface area contributed by atoms with E-state index in [0.717, 1.165) is 10.6 Å². The molecule has 0 radical (unpaired) electrons. The largest absolute Gasteiger partial charge is 0.467 e. The van der Waals surface area contributed by atoms with Crippen molar-refractivity contribution in [1.82, 2.24) is 9.99 Å². The van der Waals surface area contributed by atoms with Crippen molar-refractivity contribution in [1.29, 1.82) is 0 Å². The van der Waals surface area contributed by atoms with Gasteiger partial charge in [-0.05, 0) is 42.6 Å². The summed E-state index contributed by atoms with van der Waals surface area (Å²) in [6.45, 7) is 1.39. The monoisotopic (exact) mass is 445 g/mol. The van der Waals surface area contributed by atoms with E-state index in [2.05, 4.69) is 10.1 Å². The predicted molar refractivity (Wildman–Crippen MR) is 121 cm³/mol. The fraction of sp³-hybridized carbons (Fsp3) is 0.167. The van der Waals surface area contributed by atoms with Crippen LogP contribution < -0.4 is 0 Å². The minimum absolute atomic E-state index is 0.377. The molecule has 0 saturated heterocycles. The van der Waals surface area contributed by atoms with Gasteiger partial charge in [0.1, 0.15) is 11.8 Å². The number of benzene rings is 1. The van der Waals surface area contributed by atoms with Gasteiger partial charge < -0.3 is 9.15 Å². The first-order chi connectivity index (χ1) is 15.6. The van der Waals surface area contributed by atoms with E-state index >= 15 is 0 Å². The van der Waals surface area contributed by atoms with E-state index in [4.69, 9.17) is 9.15 Å².